The van der Waals surface area contributed by atoms with Crippen molar-refractivity contribution in [1.82, 2.24) is 0 Å². The number of anilines is 1. The molecule has 7 nitrogen and oxygen atoms in total. The van der Waals surface area contributed by atoms with Crippen LogP contribution < -0.4 is 19.5 Å². The first kappa shape index (κ1) is 22.5. The van der Waals surface area contributed by atoms with Crippen molar-refractivity contribution in [2.75, 3.05) is 32.8 Å². The summed E-state index contributed by atoms with van der Waals surface area (Å²) in [6, 6.07) is 13.3. The van der Waals surface area contributed by atoms with E-state index in [-0.39, 0.29) is 30.4 Å². The molecule has 1 N–H and O–H groups in total. The van der Waals surface area contributed by atoms with Crippen molar-refractivity contribution < 1.29 is 28.5 Å². The van der Waals surface area contributed by atoms with Gasteiger partial charge in [0, 0.05) is 5.02 Å². The SMILES string of the molecule is COc1cc(C(=O)OCCOc2ccc(Cl)cc2)cc(NC(=O)c2cccs2)c1OC. The van der Waals surface area contributed by atoms with E-state index < -0.39 is 5.97 Å². The smallest absolute Gasteiger partial charge is 0.338 e. The lowest BCUT2D eigenvalue weighted by Crippen LogP contribution is -2.15. The third-order valence-electron chi connectivity index (χ3n) is 4.11. The monoisotopic (exact) mass is 461 g/mol. The number of nitrogens with one attached hydrogen (secondary N) is 1. The Morgan fingerprint density at radius 3 is 2.45 bits per heavy atom. The molecule has 0 saturated heterocycles. The van der Waals surface area contributed by atoms with Crippen LogP contribution in [0.5, 0.6) is 17.2 Å². The van der Waals surface area contributed by atoms with E-state index in [0.29, 0.717) is 27.1 Å². The van der Waals surface area contributed by atoms with Gasteiger partial charge in [-0.3, -0.25) is 4.79 Å². The topological polar surface area (TPSA) is 83.1 Å². The molecule has 31 heavy (non-hydrogen) atoms. The van der Waals surface area contributed by atoms with Crippen LogP contribution in [0.4, 0.5) is 5.69 Å². The molecule has 3 aromatic rings. The van der Waals surface area contributed by atoms with Crippen molar-refractivity contribution >= 4 is 40.5 Å². The highest BCUT2D eigenvalue weighted by atomic mass is 35.5. The van der Waals surface area contributed by atoms with Crippen LogP contribution in [0.3, 0.4) is 0 Å². The van der Waals surface area contributed by atoms with Crippen LogP contribution in [0.2, 0.25) is 5.02 Å². The van der Waals surface area contributed by atoms with E-state index in [9.17, 15) is 9.59 Å². The molecule has 9 heteroatoms. The number of benzene rings is 2. The van der Waals surface area contributed by atoms with E-state index in [4.69, 9.17) is 30.5 Å². The Morgan fingerprint density at radius 2 is 1.81 bits per heavy atom. The predicted molar refractivity (Wildman–Crippen MR) is 119 cm³/mol. The number of hydrogen-bond acceptors (Lipinski definition) is 7. The van der Waals surface area contributed by atoms with E-state index in [2.05, 4.69) is 5.32 Å². The van der Waals surface area contributed by atoms with Crippen molar-refractivity contribution in [3.8, 4) is 17.2 Å². The summed E-state index contributed by atoms with van der Waals surface area (Å²) in [5, 5.41) is 5.15. The lowest BCUT2D eigenvalue weighted by atomic mass is 10.1. The van der Waals surface area contributed by atoms with Crippen LogP contribution in [0.25, 0.3) is 0 Å². The Morgan fingerprint density at radius 1 is 1.03 bits per heavy atom. The third-order valence-corrected chi connectivity index (χ3v) is 5.23. The van der Waals surface area contributed by atoms with Crippen molar-refractivity contribution in [1.29, 1.82) is 0 Å². The third kappa shape index (κ3) is 5.90. The second-order valence-corrected chi connectivity index (χ2v) is 7.51. The number of thiophene rings is 1. The van der Waals surface area contributed by atoms with Crippen molar-refractivity contribution in [2.45, 2.75) is 0 Å². The average Bonchev–Trinajstić information content (AvgIpc) is 3.32. The molecule has 0 unspecified atom stereocenters. The molecule has 0 atom stereocenters. The van der Waals surface area contributed by atoms with Gasteiger partial charge >= 0.3 is 5.97 Å². The molecule has 1 aromatic heterocycles. The predicted octanol–water partition coefficient (Wildman–Crippen LogP) is 4.91. The molecule has 0 radical (unpaired) electrons. The van der Waals surface area contributed by atoms with Crippen LogP contribution >= 0.6 is 22.9 Å². The van der Waals surface area contributed by atoms with Gasteiger partial charge in [0.1, 0.15) is 19.0 Å². The zero-order valence-electron chi connectivity index (χ0n) is 16.8. The summed E-state index contributed by atoms with van der Waals surface area (Å²) in [5.74, 6) is 0.292. The normalized spacial score (nSPS) is 10.3. The standard InChI is InChI=1S/C22H20ClNO6S/c1-27-18-13-14(22(26)30-10-9-29-16-7-5-15(23)6-8-16)12-17(20(18)28-2)24-21(25)19-4-3-11-31-19/h3-8,11-13H,9-10H2,1-2H3,(H,24,25). The molecule has 0 aliphatic heterocycles. The van der Waals surface area contributed by atoms with Crippen molar-refractivity contribution in [3.05, 3.63) is 69.4 Å². The second kappa shape index (κ2) is 10.7. The maximum atomic E-state index is 12.5. The Hall–Kier alpha value is -3.23. The number of carbonyl (C=O) groups is 2. The first-order chi connectivity index (χ1) is 15.0. The molecule has 1 amide bonds. The van der Waals surface area contributed by atoms with Gasteiger partial charge in [-0.25, -0.2) is 4.79 Å². The van der Waals surface area contributed by atoms with E-state index in [1.165, 1.54) is 37.7 Å². The van der Waals surface area contributed by atoms with Crippen LogP contribution in [-0.4, -0.2) is 39.3 Å². The van der Waals surface area contributed by atoms with Gasteiger partial charge < -0.3 is 24.3 Å². The lowest BCUT2D eigenvalue weighted by Gasteiger charge is -2.15. The maximum Gasteiger partial charge on any atom is 0.338 e. The van der Waals surface area contributed by atoms with E-state index in [1.807, 2.05) is 0 Å². The molecule has 0 saturated carbocycles. The fraction of sp³-hybridized carbons (Fsp3) is 0.182. The number of rotatable bonds is 9. The average molecular weight is 462 g/mol. The maximum absolute atomic E-state index is 12.5. The molecular formula is C22H20ClNO6S. The van der Waals surface area contributed by atoms with E-state index in [0.717, 1.165) is 0 Å². The zero-order chi connectivity index (χ0) is 22.2. The molecule has 0 aliphatic carbocycles. The Kier molecular flexibility index (Phi) is 7.75. The Labute approximate surface area is 188 Å². The summed E-state index contributed by atoms with van der Waals surface area (Å²) >= 11 is 7.13. The summed E-state index contributed by atoms with van der Waals surface area (Å²) in [5.41, 5.74) is 0.496. The quantitative estimate of drug-likeness (QED) is 0.360. The molecule has 162 valence electrons. The number of esters is 1. The van der Waals surface area contributed by atoms with Crippen LogP contribution in [0, 0.1) is 0 Å². The molecular weight excluding hydrogens is 442 g/mol. The van der Waals surface area contributed by atoms with Gasteiger partial charge in [-0.15, -0.1) is 11.3 Å². The fourth-order valence-electron chi connectivity index (χ4n) is 2.67. The van der Waals surface area contributed by atoms with E-state index in [1.54, 1.807) is 41.8 Å². The molecule has 0 bridgehead atoms. The second-order valence-electron chi connectivity index (χ2n) is 6.13. The first-order valence-electron chi connectivity index (χ1n) is 9.18. The summed E-state index contributed by atoms with van der Waals surface area (Å²) < 4.78 is 21.5. The largest absolute Gasteiger partial charge is 0.493 e. The molecule has 0 aliphatic rings. The summed E-state index contributed by atoms with van der Waals surface area (Å²) in [6.45, 7) is 0.204. The van der Waals surface area contributed by atoms with Crippen molar-refractivity contribution in [2.24, 2.45) is 0 Å². The van der Waals surface area contributed by atoms with Crippen LogP contribution in [0.15, 0.2) is 53.9 Å². The van der Waals surface area contributed by atoms with Gasteiger partial charge in [0.05, 0.1) is 30.3 Å². The van der Waals surface area contributed by atoms with Gasteiger partial charge in [-0.1, -0.05) is 17.7 Å². The lowest BCUT2D eigenvalue weighted by molar-refractivity contribution is 0.0450. The number of halogens is 1. The molecule has 0 spiro atoms. The summed E-state index contributed by atoms with van der Waals surface area (Å²) in [4.78, 5) is 25.5. The van der Waals surface area contributed by atoms with Crippen molar-refractivity contribution in [3.63, 3.8) is 0 Å². The number of hydrogen-bond donors (Lipinski definition) is 1. The zero-order valence-corrected chi connectivity index (χ0v) is 18.4. The number of methoxy groups -OCH3 is 2. The minimum Gasteiger partial charge on any atom is -0.493 e. The Bertz CT molecular complexity index is 1040. The fourth-order valence-corrected chi connectivity index (χ4v) is 3.42. The summed E-state index contributed by atoms with van der Waals surface area (Å²) in [7, 11) is 2.89. The highest BCUT2D eigenvalue weighted by molar-refractivity contribution is 7.12. The van der Waals surface area contributed by atoms with Gasteiger partial charge in [-0.05, 0) is 47.8 Å². The van der Waals surface area contributed by atoms with Crippen LogP contribution in [-0.2, 0) is 4.74 Å². The highest BCUT2D eigenvalue weighted by Crippen LogP contribution is 2.37. The van der Waals surface area contributed by atoms with E-state index >= 15 is 0 Å². The summed E-state index contributed by atoms with van der Waals surface area (Å²) in [6.07, 6.45) is 0. The van der Waals surface area contributed by atoms with Gasteiger partial charge in [0.2, 0.25) is 0 Å². The number of amides is 1. The molecule has 0 fully saturated rings. The number of ether oxygens (including phenoxy) is 4. The number of carbonyl (C=O) groups excluding carboxylic acids is 2. The minimum absolute atomic E-state index is 0.0344. The van der Waals surface area contributed by atoms with Gasteiger partial charge in [-0.2, -0.15) is 0 Å². The Balaban J connectivity index is 1.68. The molecule has 2 aromatic carbocycles. The molecule has 1 heterocycles. The minimum atomic E-state index is -0.590. The van der Waals surface area contributed by atoms with Gasteiger partial charge in [0.15, 0.2) is 11.5 Å². The first-order valence-corrected chi connectivity index (χ1v) is 10.4. The van der Waals surface area contributed by atoms with Gasteiger partial charge in [0.25, 0.3) is 5.91 Å². The molecule has 3 rings (SSSR count). The highest BCUT2D eigenvalue weighted by Gasteiger charge is 2.19. The van der Waals surface area contributed by atoms with Crippen LogP contribution in [0.1, 0.15) is 20.0 Å².